The fraction of sp³-hybridized carbons (Fsp3) is 0.571. The average Bonchev–Trinajstić information content (AvgIpc) is 2.38. The van der Waals surface area contributed by atoms with Gasteiger partial charge in [-0.15, -0.1) is 0 Å². The molecule has 1 saturated carbocycles. The van der Waals surface area contributed by atoms with Crippen molar-refractivity contribution in [1.82, 2.24) is 9.88 Å². The molecule has 1 aromatic rings. The summed E-state index contributed by atoms with van der Waals surface area (Å²) < 4.78 is 0.757. The van der Waals surface area contributed by atoms with Gasteiger partial charge in [-0.05, 0) is 46.8 Å². The lowest BCUT2D eigenvalue weighted by atomic mass is 9.85. The molecular formula is C14H19BrN2O. The molecule has 4 heteroatoms. The summed E-state index contributed by atoms with van der Waals surface area (Å²) in [5.41, 5.74) is 0.665. The standard InChI is InChI=1S/C14H19BrN2O/c1-10-5-3-4-6-12(10)17(2)14(18)11-7-8-13(15)16-9-11/h7-10,12H,3-6H2,1-2H3. The minimum atomic E-state index is 0.0775. The van der Waals surface area contributed by atoms with Crippen molar-refractivity contribution in [2.75, 3.05) is 7.05 Å². The number of aromatic nitrogens is 1. The Hall–Kier alpha value is -0.900. The summed E-state index contributed by atoms with van der Waals surface area (Å²) in [6, 6.07) is 4.00. The second-order valence-electron chi connectivity index (χ2n) is 5.11. The van der Waals surface area contributed by atoms with E-state index in [4.69, 9.17) is 0 Å². The molecule has 98 valence electrons. The molecule has 0 saturated heterocycles. The molecule has 1 heterocycles. The highest BCUT2D eigenvalue weighted by molar-refractivity contribution is 9.10. The molecule has 1 aliphatic carbocycles. The quantitative estimate of drug-likeness (QED) is 0.783. The zero-order valence-corrected chi connectivity index (χ0v) is 12.5. The number of hydrogen-bond acceptors (Lipinski definition) is 2. The van der Waals surface area contributed by atoms with Crippen molar-refractivity contribution in [3.8, 4) is 0 Å². The maximum atomic E-state index is 12.4. The molecule has 2 unspecified atom stereocenters. The van der Waals surface area contributed by atoms with Gasteiger partial charge in [0.25, 0.3) is 5.91 Å². The van der Waals surface area contributed by atoms with Gasteiger partial charge < -0.3 is 4.90 Å². The van der Waals surface area contributed by atoms with Gasteiger partial charge in [0.1, 0.15) is 4.60 Å². The Bertz CT molecular complexity index is 418. The predicted octanol–water partition coefficient (Wildman–Crippen LogP) is 3.49. The van der Waals surface area contributed by atoms with Crippen molar-refractivity contribution < 1.29 is 4.79 Å². The van der Waals surface area contributed by atoms with Gasteiger partial charge in [-0.25, -0.2) is 4.98 Å². The van der Waals surface area contributed by atoms with Crippen molar-refractivity contribution in [2.24, 2.45) is 5.92 Å². The number of halogens is 1. The van der Waals surface area contributed by atoms with Crippen LogP contribution < -0.4 is 0 Å². The van der Waals surface area contributed by atoms with Crippen molar-refractivity contribution in [1.29, 1.82) is 0 Å². The molecule has 0 radical (unpaired) electrons. The van der Waals surface area contributed by atoms with Gasteiger partial charge in [0.15, 0.2) is 0 Å². The first-order valence-corrected chi connectivity index (χ1v) is 7.27. The maximum absolute atomic E-state index is 12.4. The number of pyridine rings is 1. The number of amides is 1. The van der Waals surface area contributed by atoms with Crippen molar-refractivity contribution in [2.45, 2.75) is 38.6 Å². The number of carbonyl (C=O) groups excluding carboxylic acids is 1. The molecule has 1 amide bonds. The largest absolute Gasteiger partial charge is 0.338 e. The molecule has 0 spiro atoms. The second kappa shape index (κ2) is 5.83. The number of hydrogen-bond donors (Lipinski definition) is 0. The first-order chi connectivity index (χ1) is 8.59. The monoisotopic (exact) mass is 310 g/mol. The van der Waals surface area contributed by atoms with E-state index in [1.165, 1.54) is 19.3 Å². The highest BCUT2D eigenvalue weighted by Gasteiger charge is 2.28. The lowest BCUT2D eigenvalue weighted by Crippen LogP contribution is -2.42. The molecule has 0 aromatic carbocycles. The predicted molar refractivity (Wildman–Crippen MR) is 75.5 cm³/mol. The molecule has 0 aliphatic heterocycles. The van der Waals surface area contributed by atoms with Gasteiger partial charge in [-0.3, -0.25) is 4.79 Å². The molecule has 0 N–H and O–H groups in total. The highest BCUT2D eigenvalue weighted by atomic mass is 79.9. The Kier molecular flexibility index (Phi) is 4.38. The van der Waals surface area contributed by atoms with E-state index in [9.17, 15) is 4.79 Å². The molecule has 1 aromatic heterocycles. The van der Waals surface area contributed by atoms with E-state index in [-0.39, 0.29) is 5.91 Å². The first-order valence-electron chi connectivity index (χ1n) is 6.48. The Morgan fingerprint density at radius 1 is 1.39 bits per heavy atom. The van der Waals surface area contributed by atoms with Gasteiger partial charge in [-0.1, -0.05) is 19.8 Å². The third kappa shape index (κ3) is 2.91. The van der Waals surface area contributed by atoms with E-state index in [2.05, 4.69) is 27.8 Å². The smallest absolute Gasteiger partial charge is 0.255 e. The van der Waals surface area contributed by atoms with Gasteiger partial charge in [0, 0.05) is 19.3 Å². The van der Waals surface area contributed by atoms with Crippen LogP contribution in [0.1, 0.15) is 43.0 Å². The van der Waals surface area contributed by atoms with Crippen molar-refractivity contribution >= 4 is 21.8 Å². The lowest BCUT2D eigenvalue weighted by molar-refractivity contribution is 0.0628. The van der Waals surface area contributed by atoms with Gasteiger partial charge in [0.2, 0.25) is 0 Å². The zero-order valence-electron chi connectivity index (χ0n) is 10.9. The Labute approximate surface area is 117 Å². The Morgan fingerprint density at radius 3 is 2.72 bits per heavy atom. The highest BCUT2D eigenvalue weighted by Crippen LogP contribution is 2.28. The molecule has 18 heavy (non-hydrogen) atoms. The Morgan fingerprint density at radius 2 is 2.11 bits per heavy atom. The van der Waals surface area contributed by atoms with Gasteiger partial charge >= 0.3 is 0 Å². The van der Waals surface area contributed by atoms with Crippen LogP contribution in [-0.2, 0) is 0 Å². The van der Waals surface area contributed by atoms with Gasteiger partial charge in [0.05, 0.1) is 5.56 Å². The average molecular weight is 311 g/mol. The number of rotatable bonds is 2. The molecule has 2 atom stereocenters. The fourth-order valence-electron chi connectivity index (χ4n) is 2.73. The topological polar surface area (TPSA) is 33.2 Å². The summed E-state index contributed by atoms with van der Waals surface area (Å²) in [7, 11) is 1.91. The SMILES string of the molecule is CC1CCCCC1N(C)C(=O)c1ccc(Br)nc1. The Balaban J connectivity index is 2.10. The summed E-state index contributed by atoms with van der Waals surface area (Å²) in [4.78, 5) is 18.4. The lowest BCUT2D eigenvalue weighted by Gasteiger charge is -2.36. The minimum absolute atomic E-state index is 0.0775. The van der Waals surface area contributed by atoms with E-state index in [1.807, 2.05) is 24.1 Å². The third-order valence-corrected chi connectivity index (χ3v) is 4.33. The molecule has 0 bridgehead atoms. The van der Waals surface area contributed by atoms with Crippen molar-refractivity contribution in [3.05, 3.63) is 28.5 Å². The van der Waals surface area contributed by atoms with Crippen LogP contribution in [-0.4, -0.2) is 28.9 Å². The van der Waals surface area contributed by atoms with Gasteiger partial charge in [-0.2, -0.15) is 0 Å². The first kappa shape index (κ1) is 13.5. The van der Waals surface area contributed by atoms with Crippen molar-refractivity contribution in [3.63, 3.8) is 0 Å². The molecular weight excluding hydrogens is 292 g/mol. The van der Waals surface area contributed by atoms with E-state index in [0.29, 0.717) is 17.5 Å². The van der Waals surface area contributed by atoms with E-state index in [0.717, 1.165) is 11.0 Å². The van der Waals surface area contributed by atoms with Crippen LogP contribution >= 0.6 is 15.9 Å². The number of carbonyl (C=O) groups is 1. The fourth-order valence-corrected chi connectivity index (χ4v) is 2.96. The van der Waals surface area contributed by atoms with Crippen LogP contribution in [0.25, 0.3) is 0 Å². The zero-order chi connectivity index (χ0) is 13.1. The van der Waals surface area contributed by atoms with E-state index >= 15 is 0 Å². The summed E-state index contributed by atoms with van der Waals surface area (Å²) in [6.45, 7) is 2.24. The van der Waals surface area contributed by atoms with Crippen LogP contribution in [0.2, 0.25) is 0 Å². The molecule has 3 nitrogen and oxygen atoms in total. The number of nitrogens with zero attached hydrogens (tertiary/aromatic N) is 2. The second-order valence-corrected chi connectivity index (χ2v) is 5.93. The molecule has 2 rings (SSSR count). The van der Waals surface area contributed by atoms with Crippen LogP contribution in [0.4, 0.5) is 0 Å². The minimum Gasteiger partial charge on any atom is -0.338 e. The summed E-state index contributed by atoms with van der Waals surface area (Å²) in [5, 5.41) is 0. The summed E-state index contributed by atoms with van der Waals surface area (Å²) in [6.07, 6.45) is 6.50. The van der Waals surface area contributed by atoms with E-state index < -0.39 is 0 Å². The van der Waals surface area contributed by atoms with Crippen LogP contribution in [0.3, 0.4) is 0 Å². The third-order valence-electron chi connectivity index (χ3n) is 3.86. The van der Waals surface area contributed by atoms with Crippen LogP contribution in [0, 0.1) is 5.92 Å². The summed E-state index contributed by atoms with van der Waals surface area (Å²) in [5.74, 6) is 0.671. The van der Waals surface area contributed by atoms with E-state index in [1.54, 1.807) is 6.20 Å². The maximum Gasteiger partial charge on any atom is 0.255 e. The molecule has 1 fully saturated rings. The molecule has 1 aliphatic rings. The van der Waals surface area contributed by atoms with Crippen LogP contribution in [0.15, 0.2) is 22.9 Å². The van der Waals surface area contributed by atoms with Crippen LogP contribution in [0.5, 0.6) is 0 Å². The summed E-state index contributed by atoms with van der Waals surface area (Å²) >= 11 is 3.28. The normalized spacial score (nSPS) is 23.7.